The normalized spacial score (nSPS) is 5.00. The van der Waals surface area contributed by atoms with Gasteiger partial charge in [0.25, 0.3) is 0 Å². The molecule has 0 radical (unpaired) electrons. The Labute approximate surface area is 55.0 Å². The van der Waals surface area contributed by atoms with E-state index in [4.69, 9.17) is 0 Å². The van der Waals surface area contributed by atoms with E-state index in [0.717, 1.165) is 5.75 Å². The summed E-state index contributed by atoms with van der Waals surface area (Å²) in [5, 5.41) is 0. The number of thiol groups is 1. The van der Waals surface area contributed by atoms with Gasteiger partial charge in [-0.25, -0.2) is 0 Å². The van der Waals surface area contributed by atoms with Gasteiger partial charge in [0, 0.05) is 5.75 Å². The molecule has 0 heterocycles. The molecule has 0 aliphatic carbocycles. The molecule has 0 saturated carbocycles. The van der Waals surface area contributed by atoms with Gasteiger partial charge in [-0.2, -0.15) is 12.6 Å². The van der Waals surface area contributed by atoms with Gasteiger partial charge in [0.1, 0.15) is 0 Å². The first kappa shape index (κ1) is 9.31. The van der Waals surface area contributed by atoms with Crippen molar-refractivity contribution < 1.29 is 0 Å². The molecule has 0 aliphatic heterocycles. The van der Waals surface area contributed by atoms with Crippen molar-refractivity contribution in [1.82, 2.24) is 0 Å². The zero-order valence-corrected chi connectivity index (χ0v) is 3.33. The topological polar surface area (TPSA) is 0 Å². The van der Waals surface area contributed by atoms with Crippen LogP contribution < -0.4 is 0 Å². The summed E-state index contributed by atoms with van der Waals surface area (Å²) >= 11 is 3.80. The van der Waals surface area contributed by atoms with Gasteiger partial charge in [-0.05, 0) is 0 Å². The summed E-state index contributed by atoms with van der Waals surface area (Å²) < 4.78 is 0. The molecule has 0 bridgehead atoms. The third kappa shape index (κ3) is 11.4. The molecule has 0 aliphatic rings. The molecule has 0 saturated heterocycles. The molecule has 0 amide bonds. The molecule has 0 fully saturated rings. The summed E-state index contributed by atoms with van der Waals surface area (Å²) in [4.78, 5) is 0. The Morgan fingerprint density at radius 3 is 2.00 bits per heavy atom. The van der Waals surface area contributed by atoms with E-state index in [-0.39, 0.29) is 23.9 Å². The average Bonchev–Trinajstić information content (AvgIpc) is 1.37. The molecule has 0 unspecified atom stereocenters. The summed E-state index contributed by atoms with van der Waals surface area (Å²) in [6.45, 7) is 3.40. The first-order valence-corrected chi connectivity index (χ1v) is 1.77. The number of hydrogen-bond donors (Lipinski definition) is 1. The SMILES string of the molecule is C=CCS.[SnH4]. The molecule has 0 aromatic heterocycles. The Balaban J connectivity index is 0. The van der Waals surface area contributed by atoms with Crippen molar-refractivity contribution in [3.8, 4) is 0 Å². The molecular formula is C3H10SSn. The van der Waals surface area contributed by atoms with Crippen LogP contribution in [0.25, 0.3) is 0 Å². The molecule has 0 rings (SSSR count). The average molecular weight is 197 g/mol. The zero-order chi connectivity index (χ0) is 3.41. The Morgan fingerprint density at radius 2 is 2.00 bits per heavy atom. The summed E-state index contributed by atoms with van der Waals surface area (Å²) in [6.07, 6.45) is 1.74. The van der Waals surface area contributed by atoms with E-state index in [2.05, 4.69) is 19.2 Å². The van der Waals surface area contributed by atoms with Crippen LogP contribution in [-0.4, -0.2) is 29.7 Å². The van der Waals surface area contributed by atoms with Crippen LogP contribution in [0, 0.1) is 0 Å². The third-order valence-corrected chi connectivity index (χ3v) is 0.387. The van der Waals surface area contributed by atoms with Crippen molar-refractivity contribution >= 4 is 36.5 Å². The minimum atomic E-state index is 0. The fraction of sp³-hybridized carbons (Fsp3) is 0.333. The summed E-state index contributed by atoms with van der Waals surface area (Å²) in [5.74, 6) is 0.778. The molecule has 0 atom stereocenters. The Kier molecular flexibility index (Phi) is 16.5. The van der Waals surface area contributed by atoms with Crippen molar-refractivity contribution in [2.75, 3.05) is 5.75 Å². The van der Waals surface area contributed by atoms with Gasteiger partial charge in [0.05, 0.1) is 0 Å². The van der Waals surface area contributed by atoms with Gasteiger partial charge >= 0.3 is 23.9 Å². The Hall–Kier alpha value is 0.889. The quantitative estimate of drug-likeness (QED) is 0.331. The monoisotopic (exact) mass is 198 g/mol. The second kappa shape index (κ2) is 8.86. The fourth-order valence-electron chi connectivity index (χ4n) is 0. The van der Waals surface area contributed by atoms with Gasteiger partial charge in [-0.3, -0.25) is 0 Å². The van der Waals surface area contributed by atoms with Crippen molar-refractivity contribution in [2.45, 2.75) is 0 Å². The van der Waals surface area contributed by atoms with Crippen molar-refractivity contribution in [3.63, 3.8) is 0 Å². The maximum atomic E-state index is 3.80. The summed E-state index contributed by atoms with van der Waals surface area (Å²) in [5.41, 5.74) is 0. The Morgan fingerprint density at radius 1 is 1.80 bits per heavy atom. The van der Waals surface area contributed by atoms with Crippen LogP contribution in [-0.2, 0) is 0 Å². The van der Waals surface area contributed by atoms with E-state index >= 15 is 0 Å². The van der Waals surface area contributed by atoms with Crippen LogP contribution in [0.3, 0.4) is 0 Å². The van der Waals surface area contributed by atoms with Crippen LogP contribution in [0.15, 0.2) is 12.7 Å². The van der Waals surface area contributed by atoms with Gasteiger partial charge in [-0.1, -0.05) is 6.08 Å². The van der Waals surface area contributed by atoms with Gasteiger partial charge in [0.15, 0.2) is 0 Å². The van der Waals surface area contributed by atoms with E-state index in [9.17, 15) is 0 Å². The van der Waals surface area contributed by atoms with Crippen molar-refractivity contribution in [1.29, 1.82) is 0 Å². The first-order valence-electron chi connectivity index (χ1n) is 1.13. The van der Waals surface area contributed by atoms with Gasteiger partial charge in [-0.15, -0.1) is 6.58 Å². The molecule has 0 aromatic carbocycles. The minimum absolute atomic E-state index is 0. The predicted molar refractivity (Wildman–Crippen MR) is 35.4 cm³/mol. The van der Waals surface area contributed by atoms with E-state index in [1.807, 2.05) is 0 Å². The molecule has 5 heavy (non-hydrogen) atoms. The van der Waals surface area contributed by atoms with Crippen LogP contribution in [0.5, 0.6) is 0 Å². The molecular weight excluding hydrogens is 187 g/mol. The van der Waals surface area contributed by atoms with Gasteiger partial charge < -0.3 is 0 Å². The van der Waals surface area contributed by atoms with E-state index in [0.29, 0.717) is 0 Å². The van der Waals surface area contributed by atoms with Crippen LogP contribution >= 0.6 is 12.6 Å². The predicted octanol–water partition coefficient (Wildman–Crippen LogP) is -0.349. The maximum absolute atomic E-state index is 3.80. The second-order valence-electron chi connectivity index (χ2n) is 0.471. The van der Waals surface area contributed by atoms with Crippen molar-refractivity contribution in [3.05, 3.63) is 12.7 Å². The molecule has 0 N–H and O–H groups in total. The first-order chi connectivity index (χ1) is 1.91. The van der Waals surface area contributed by atoms with E-state index in [1.54, 1.807) is 6.08 Å². The van der Waals surface area contributed by atoms with Crippen LogP contribution in [0.1, 0.15) is 0 Å². The summed E-state index contributed by atoms with van der Waals surface area (Å²) in [6, 6.07) is 0. The number of rotatable bonds is 1. The van der Waals surface area contributed by atoms with Crippen LogP contribution in [0.4, 0.5) is 0 Å². The van der Waals surface area contributed by atoms with E-state index < -0.39 is 0 Å². The zero-order valence-electron chi connectivity index (χ0n) is 2.44. The van der Waals surface area contributed by atoms with Gasteiger partial charge in [0.2, 0.25) is 0 Å². The fourth-order valence-corrected chi connectivity index (χ4v) is 0. The standard InChI is InChI=1S/C3H6S.Sn.4H/c1-2-3-4;;;;;/h2,4H,1,3H2;;;;;. The Bertz CT molecular complexity index is 20.9. The number of hydrogen-bond acceptors (Lipinski definition) is 1. The molecule has 0 aromatic rings. The third-order valence-electron chi connectivity index (χ3n) is 0.129. The second-order valence-corrected chi connectivity index (χ2v) is 0.836. The van der Waals surface area contributed by atoms with E-state index in [1.165, 1.54) is 0 Å². The van der Waals surface area contributed by atoms with Crippen LogP contribution in [0.2, 0.25) is 0 Å². The summed E-state index contributed by atoms with van der Waals surface area (Å²) in [7, 11) is 0. The molecule has 0 spiro atoms. The molecule has 2 heteroatoms. The molecule has 0 nitrogen and oxygen atoms in total. The molecule has 32 valence electrons. The van der Waals surface area contributed by atoms with Crippen molar-refractivity contribution in [2.24, 2.45) is 0 Å².